The van der Waals surface area contributed by atoms with Gasteiger partial charge in [0, 0.05) is 161 Å². The molecule has 28 aromatic rings. The van der Waals surface area contributed by atoms with E-state index in [1.54, 1.807) is 0 Å². The van der Waals surface area contributed by atoms with Gasteiger partial charge in [0.25, 0.3) is 0 Å². The van der Waals surface area contributed by atoms with Gasteiger partial charge in [-0.3, -0.25) is 4.21 Å². The highest BCUT2D eigenvalue weighted by atomic mass is 32.3. The van der Waals surface area contributed by atoms with Crippen molar-refractivity contribution < 1.29 is 21.9 Å². The zero-order valence-corrected chi connectivity index (χ0v) is 70.3. The molecule has 0 N–H and O–H groups in total. The van der Waals surface area contributed by atoms with E-state index in [1.807, 2.05) is 24.3 Å². The Morgan fingerprint density at radius 2 is 0.362 bits per heavy atom. The van der Waals surface area contributed by atoms with Crippen LogP contribution >= 0.6 is 0 Å². The SMILES string of the molecule is O=S12(c3ccc(-c4ccccc4-n4c5ccccc5c5cc6c(cc54)oc4ccccc46)cc3-c3cc(-c4ccccc4-n4c5ccccc5c5cc6c(cc54)oc4ccccc46)ccc31)c1ccc(-c3ccccc3-n3c4ccccc4c4cc5c(cc43)oc3ccccc35)cc1-c1cc(-c3ccccc3-n3c4ccccc4c4cc5c(cc43)oc3ccccc35)ccc12. The van der Waals surface area contributed by atoms with Gasteiger partial charge >= 0.3 is 0 Å². The minimum absolute atomic E-state index is 0.755. The first-order chi connectivity index (χ1) is 64.3. The second kappa shape index (κ2) is 25.4. The van der Waals surface area contributed by atoms with Crippen LogP contribution in [0.4, 0.5) is 0 Å². The van der Waals surface area contributed by atoms with E-state index < -0.39 is 9.07 Å². The summed E-state index contributed by atoms with van der Waals surface area (Å²) in [6, 6.07) is 149. The van der Waals surface area contributed by atoms with Crippen molar-refractivity contribution in [3.8, 4) is 89.5 Å². The highest BCUT2D eigenvalue weighted by Gasteiger charge is 2.58. The van der Waals surface area contributed by atoms with Crippen molar-refractivity contribution in [2.24, 2.45) is 0 Å². The fraction of sp³-hybridized carbons (Fsp3) is 0. The van der Waals surface area contributed by atoms with Crippen molar-refractivity contribution >= 4 is 184 Å². The number of rotatable bonds is 8. The molecule has 2 aliphatic heterocycles. The number of nitrogens with zero attached hydrogens (tertiary/aromatic N) is 4. The fourth-order valence-electron chi connectivity index (χ4n) is 23.1. The standard InChI is InChI=1S/C120H68N4O5S/c125-130(117-53-49-69(73-25-1-13-37-97(73)121-101-41-17-5-29-77(101)85-61-89-81-33-9-21-45-109(81)126-113(89)65-105(85)121)57-93(117)94-58-70(50-54-118(94)130)74-26-2-14-38-98(74)122-102-42-18-6-30-78(102)86-62-90-82-34-10-22-46-110(82)127-114(90)66-106(86)122)119-55-51-71(75-27-3-15-39-99(75)123-103-43-19-7-31-79(103)87-63-91-83-35-11-23-47-111(83)128-115(91)67-107(87)123)59-95(119)96-60-72(52-56-120(96)130)76-28-4-16-40-100(76)124-104-44-20-8-32-80(104)88-64-92-84-36-12-24-48-112(84)129-116(92)68-108(88)124/h1-68H. The molecular formula is C120H68N4O5S. The lowest BCUT2D eigenvalue weighted by Gasteiger charge is -2.39. The highest BCUT2D eigenvalue weighted by Crippen LogP contribution is 2.72. The van der Waals surface area contributed by atoms with Crippen molar-refractivity contribution in [1.82, 2.24) is 18.3 Å². The lowest BCUT2D eigenvalue weighted by molar-refractivity contribution is 0.658. The Balaban J connectivity index is 0.678. The molecule has 0 atom stereocenters. The van der Waals surface area contributed by atoms with Crippen LogP contribution in [-0.4, -0.2) is 22.5 Å². The Bertz CT molecular complexity index is 8940. The van der Waals surface area contributed by atoms with Crippen molar-refractivity contribution in [3.05, 3.63) is 413 Å². The normalized spacial score (nSPS) is 13.7. The summed E-state index contributed by atoms with van der Waals surface area (Å²) in [6.07, 6.45) is 0. The van der Waals surface area contributed by atoms with E-state index in [1.165, 1.54) is 0 Å². The van der Waals surface area contributed by atoms with Gasteiger partial charge in [-0.2, -0.15) is 0 Å². The predicted molar refractivity (Wildman–Crippen MR) is 533 cm³/mol. The Labute approximate surface area is 740 Å². The van der Waals surface area contributed by atoms with E-state index in [2.05, 4.69) is 407 Å². The van der Waals surface area contributed by atoms with Gasteiger partial charge in [0.1, 0.15) is 44.7 Å². The third-order valence-electron chi connectivity index (χ3n) is 28.7. The van der Waals surface area contributed by atoms with Gasteiger partial charge in [-0.15, -0.1) is 0 Å². The zero-order valence-electron chi connectivity index (χ0n) is 69.5. The Kier molecular flexibility index (Phi) is 13.7. The van der Waals surface area contributed by atoms with E-state index in [4.69, 9.17) is 17.7 Å². The van der Waals surface area contributed by atoms with E-state index in [9.17, 15) is 0 Å². The molecule has 0 aliphatic carbocycles. The maximum atomic E-state index is 20.3. The number of benzene rings is 20. The summed E-state index contributed by atoms with van der Waals surface area (Å²) < 4.78 is 56.8. The quantitative estimate of drug-likeness (QED) is 0.151. The van der Waals surface area contributed by atoms with Gasteiger partial charge in [0.2, 0.25) is 0 Å². The summed E-state index contributed by atoms with van der Waals surface area (Å²) in [5.41, 5.74) is 30.7. The molecule has 0 saturated carbocycles. The molecule has 9 nitrogen and oxygen atoms in total. The molecule has 20 aromatic carbocycles. The minimum Gasteiger partial charge on any atom is -0.456 e. The maximum Gasteiger partial charge on any atom is 0.137 e. The van der Waals surface area contributed by atoms with Crippen LogP contribution in [0, 0.1) is 0 Å². The van der Waals surface area contributed by atoms with E-state index >= 15 is 4.21 Å². The average Bonchev–Trinajstić information content (AvgIpc) is 1.46. The van der Waals surface area contributed by atoms with Crippen LogP contribution in [0.15, 0.2) is 450 Å². The molecule has 1 spiro atoms. The van der Waals surface area contributed by atoms with E-state index in [-0.39, 0.29) is 0 Å². The van der Waals surface area contributed by atoms with Crippen LogP contribution in [0.5, 0.6) is 0 Å². The van der Waals surface area contributed by atoms with E-state index in [0.29, 0.717) is 0 Å². The molecule has 8 aromatic heterocycles. The minimum atomic E-state index is -4.81. The Morgan fingerprint density at radius 3 is 0.608 bits per heavy atom. The average molecular weight is 1680 g/mol. The van der Waals surface area contributed by atoms with Crippen LogP contribution in [-0.2, 0) is 9.07 Å². The molecule has 0 saturated heterocycles. The molecule has 10 heterocycles. The molecule has 0 radical (unpaired) electrons. The third-order valence-corrected chi connectivity index (χ3v) is 33.5. The highest BCUT2D eigenvalue weighted by molar-refractivity contribution is 8.21. The van der Waals surface area contributed by atoms with Gasteiger partial charge in [0.15, 0.2) is 0 Å². The van der Waals surface area contributed by atoms with Crippen molar-refractivity contribution in [2.75, 3.05) is 0 Å². The fourth-order valence-corrected chi connectivity index (χ4v) is 28.2. The van der Waals surface area contributed by atoms with Crippen LogP contribution in [0.25, 0.3) is 264 Å². The zero-order chi connectivity index (χ0) is 84.7. The number of hydrogen-bond donors (Lipinski definition) is 0. The first-order valence-corrected chi connectivity index (χ1v) is 46.3. The van der Waals surface area contributed by atoms with Gasteiger partial charge in [0.05, 0.1) is 66.9 Å². The van der Waals surface area contributed by atoms with Crippen LogP contribution in [0.1, 0.15) is 0 Å². The summed E-state index contributed by atoms with van der Waals surface area (Å²) in [7, 11) is -4.81. The largest absolute Gasteiger partial charge is 0.456 e. The molecule has 130 heavy (non-hydrogen) atoms. The van der Waals surface area contributed by atoms with E-state index in [0.717, 1.165) is 284 Å². The molecule has 0 fully saturated rings. The molecule has 2 aliphatic rings. The van der Waals surface area contributed by atoms with Crippen molar-refractivity contribution in [2.45, 2.75) is 19.6 Å². The first kappa shape index (κ1) is 70.3. The second-order valence-corrected chi connectivity index (χ2v) is 38.8. The van der Waals surface area contributed by atoms with Crippen LogP contribution < -0.4 is 0 Å². The summed E-state index contributed by atoms with van der Waals surface area (Å²) in [4.78, 5) is 3.02. The molecule has 10 heteroatoms. The Morgan fingerprint density at radius 1 is 0.154 bits per heavy atom. The second-order valence-electron chi connectivity index (χ2n) is 35.1. The number of fused-ring (bicyclic) bond motifs is 34. The lowest BCUT2D eigenvalue weighted by atomic mass is 9.95. The molecule has 0 amide bonds. The molecule has 30 rings (SSSR count). The third kappa shape index (κ3) is 9.15. The van der Waals surface area contributed by atoms with Crippen molar-refractivity contribution in [3.63, 3.8) is 0 Å². The summed E-state index contributed by atoms with van der Waals surface area (Å²) in [5.74, 6) is 0. The summed E-state index contributed by atoms with van der Waals surface area (Å²) in [5, 5.41) is 17.7. The summed E-state index contributed by atoms with van der Waals surface area (Å²) in [6.45, 7) is 0. The lowest BCUT2D eigenvalue weighted by Crippen LogP contribution is -2.30. The predicted octanol–water partition coefficient (Wildman–Crippen LogP) is 32.7. The molecule has 0 unspecified atom stereocenters. The topological polar surface area (TPSA) is 89.4 Å². The van der Waals surface area contributed by atoms with Gasteiger partial charge in [-0.05, 0) is 190 Å². The molecule has 604 valence electrons. The van der Waals surface area contributed by atoms with Crippen LogP contribution in [0.2, 0.25) is 0 Å². The maximum absolute atomic E-state index is 20.3. The smallest absolute Gasteiger partial charge is 0.137 e. The number of furan rings is 4. The van der Waals surface area contributed by atoms with Gasteiger partial charge < -0.3 is 35.9 Å². The number of aromatic nitrogens is 4. The Hall–Kier alpha value is -17.1. The van der Waals surface area contributed by atoms with Gasteiger partial charge in [-0.25, -0.2) is 0 Å². The molecule has 0 bridgehead atoms. The van der Waals surface area contributed by atoms with Crippen LogP contribution in [0.3, 0.4) is 0 Å². The first-order valence-electron chi connectivity index (χ1n) is 44.3. The number of hydrogen-bond acceptors (Lipinski definition) is 5. The van der Waals surface area contributed by atoms with Gasteiger partial charge in [-0.1, -0.05) is 243 Å². The monoisotopic (exact) mass is 1680 g/mol. The molecular weight excluding hydrogens is 1610 g/mol. The summed E-state index contributed by atoms with van der Waals surface area (Å²) >= 11 is 0. The van der Waals surface area contributed by atoms with Crippen molar-refractivity contribution in [1.29, 1.82) is 0 Å². The number of para-hydroxylation sites is 12.